The molecular weight excluding hydrogens is 329 g/mol. The molecule has 0 fully saturated rings. The Morgan fingerprint density at radius 1 is 0.750 bits per heavy atom. The van der Waals surface area contributed by atoms with Crippen molar-refractivity contribution in [2.45, 2.75) is 59.8 Å². The maximum Gasteiger partial charge on any atom is 0.0210 e. The van der Waals surface area contributed by atoms with E-state index < -0.39 is 0 Å². The van der Waals surface area contributed by atoms with Gasteiger partial charge in [-0.1, -0.05) is 45.1 Å². The van der Waals surface area contributed by atoms with E-state index in [4.69, 9.17) is 0 Å². The van der Waals surface area contributed by atoms with Crippen LogP contribution in [0, 0.1) is 27.7 Å². The molecule has 1 aromatic carbocycles. The molecule has 0 unspecified atom stereocenters. The van der Waals surface area contributed by atoms with Crippen LogP contribution < -0.4 is 0 Å². The van der Waals surface area contributed by atoms with Crippen LogP contribution in [0.1, 0.15) is 60.1 Å². The van der Waals surface area contributed by atoms with Crippen LogP contribution >= 0.6 is 0 Å². The van der Waals surface area contributed by atoms with E-state index in [9.17, 15) is 0 Å². The van der Waals surface area contributed by atoms with E-state index in [1.165, 1.54) is 33.4 Å². The van der Waals surface area contributed by atoms with Gasteiger partial charge in [-0.25, -0.2) is 0 Å². The van der Waals surface area contributed by atoms with Crippen LogP contribution in [0.2, 0.25) is 0 Å². The monoisotopic (exact) mass is 356 g/mol. The van der Waals surface area contributed by atoms with Crippen molar-refractivity contribution in [3.05, 3.63) is 57.7 Å². The SMILES string of the molecule is Cc1c(C)c(C)c(C(C)(C)C)c(C2C=CC=C2)c1C.[Ru]. The maximum absolute atomic E-state index is 2.33. The average Bonchev–Trinajstić information content (AvgIpc) is 2.82. The molecule has 0 saturated heterocycles. The Hall–Kier alpha value is -0.677. The van der Waals surface area contributed by atoms with Gasteiger partial charge in [-0.15, -0.1) is 0 Å². The Morgan fingerprint density at radius 3 is 1.65 bits per heavy atom. The largest absolute Gasteiger partial charge is 0.0732 e. The molecular formula is C19H26Ru. The summed E-state index contributed by atoms with van der Waals surface area (Å²) in [6, 6.07) is 0. The summed E-state index contributed by atoms with van der Waals surface area (Å²) in [5.41, 5.74) is 9.10. The van der Waals surface area contributed by atoms with Gasteiger partial charge in [0, 0.05) is 25.4 Å². The molecule has 1 aliphatic carbocycles. The van der Waals surface area contributed by atoms with Gasteiger partial charge in [0.05, 0.1) is 0 Å². The van der Waals surface area contributed by atoms with E-state index in [0.717, 1.165) is 0 Å². The zero-order valence-corrected chi connectivity index (χ0v) is 15.5. The molecule has 20 heavy (non-hydrogen) atoms. The van der Waals surface area contributed by atoms with Crippen molar-refractivity contribution in [1.29, 1.82) is 0 Å². The zero-order chi connectivity index (χ0) is 14.4. The molecule has 0 radical (unpaired) electrons. The van der Waals surface area contributed by atoms with Gasteiger partial charge < -0.3 is 0 Å². The normalized spacial score (nSPS) is 14.8. The molecule has 0 amide bonds. The molecule has 1 aromatic rings. The van der Waals surface area contributed by atoms with Gasteiger partial charge in [-0.3, -0.25) is 0 Å². The fraction of sp³-hybridized carbons (Fsp3) is 0.474. The van der Waals surface area contributed by atoms with Crippen LogP contribution in [-0.4, -0.2) is 0 Å². The molecule has 0 nitrogen and oxygen atoms in total. The summed E-state index contributed by atoms with van der Waals surface area (Å²) in [6.45, 7) is 16.1. The Labute approximate surface area is 137 Å². The van der Waals surface area contributed by atoms with Crippen molar-refractivity contribution >= 4 is 0 Å². The standard InChI is InChI=1S/C19H26.Ru/c1-12-13(2)15(4)18(19(5,6)7)17(14(12)3)16-10-8-9-11-16;/h8-11,16H,1-7H3;. The molecule has 1 aliphatic rings. The Morgan fingerprint density at radius 2 is 1.20 bits per heavy atom. The van der Waals surface area contributed by atoms with Gasteiger partial charge >= 0.3 is 0 Å². The van der Waals surface area contributed by atoms with Crippen LogP contribution in [0.3, 0.4) is 0 Å². The molecule has 0 heterocycles. The number of hydrogen-bond acceptors (Lipinski definition) is 0. The van der Waals surface area contributed by atoms with Crippen molar-refractivity contribution in [1.82, 2.24) is 0 Å². The predicted octanol–water partition coefficient (Wildman–Crippen LogP) is 5.42. The second kappa shape index (κ2) is 5.98. The Balaban J connectivity index is 0.00000200. The summed E-state index contributed by atoms with van der Waals surface area (Å²) in [5, 5.41) is 0. The minimum absolute atomic E-state index is 0. The van der Waals surface area contributed by atoms with Gasteiger partial charge in [-0.05, 0) is 66.5 Å². The van der Waals surface area contributed by atoms with Crippen LogP contribution in [-0.2, 0) is 24.9 Å². The van der Waals surface area contributed by atoms with E-state index >= 15 is 0 Å². The zero-order valence-electron chi connectivity index (χ0n) is 13.7. The fourth-order valence-electron chi connectivity index (χ4n) is 3.35. The predicted molar refractivity (Wildman–Crippen MR) is 85.1 cm³/mol. The number of rotatable bonds is 1. The minimum atomic E-state index is 0. The molecule has 0 saturated carbocycles. The topological polar surface area (TPSA) is 0 Å². The first-order chi connectivity index (χ1) is 8.75. The fourth-order valence-corrected chi connectivity index (χ4v) is 3.35. The summed E-state index contributed by atoms with van der Waals surface area (Å²) >= 11 is 0. The molecule has 110 valence electrons. The van der Waals surface area contributed by atoms with E-state index in [0.29, 0.717) is 5.92 Å². The molecule has 1 heteroatoms. The molecule has 0 aliphatic heterocycles. The first-order valence-electron chi connectivity index (χ1n) is 7.21. The van der Waals surface area contributed by atoms with Crippen molar-refractivity contribution < 1.29 is 19.5 Å². The molecule has 0 aromatic heterocycles. The van der Waals surface area contributed by atoms with Gasteiger partial charge in [0.25, 0.3) is 0 Å². The van der Waals surface area contributed by atoms with Gasteiger partial charge in [0.15, 0.2) is 0 Å². The number of allylic oxidation sites excluding steroid dienone is 4. The van der Waals surface area contributed by atoms with E-state index in [-0.39, 0.29) is 24.9 Å². The Kier molecular flexibility index (Phi) is 5.20. The molecule has 0 bridgehead atoms. The van der Waals surface area contributed by atoms with E-state index in [1.54, 1.807) is 0 Å². The summed E-state index contributed by atoms with van der Waals surface area (Å²) in [7, 11) is 0. The summed E-state index contributed by atoms with van der Waals surface area (Å²) in [5.74, 6) is 0.451. The van der Waals surface area contributed by atoms with Crippen molar-refractivity contribution in [3.8, 4) is 0 Å². The van der Waals surface area contributed by atoms with E-state index in [2.05, 4.69) is 72.8 Å². The summed E-state index contributed by atoms with van der Waals surface area (Å²) in [6.07, 6.45) is 8.96. The second-order valence-corrected chi connectivity index (χ2v) is 6.83. The number of hydrogen-bond donors (Lipinski definition) is 0. The molecule has 0 atom stereocenters. The smallest absolute Gasteiger partial charge is 0.0210 e. The van der Waals surface area contributed by atoms with Crippen LogP contribution in [0.25, 0.3) is 0 Å². The third-order valence-electron chi connectivity index (χ3n) is 4.57. The van der Waals surface area contributed by atoms with Gasteiger partial charge in [-0.2, -0.15) is 0 Å². The third-order valence-corrected chi connectivity index (χ3v) is 4.57. The number of benzene rings is 1. The summed E-state index contributed by atoms with van der Waals surface area (Å²) < 4.78 is 0. The molecule has 0 N–H and O–H groups in total. The summed E-state index contributed by atoms with van der Waals surface area (Å²) in [4.78, 5) is 0. The molecule has 0 spiro atoms. The van der Waals surface area contributed by atoms with Gasteiger partial charge in [0.1, 0.15) is 0 Å². The third kappa shape index (κ3) is 2.84. The van der Waals surface area contributed by atoms with Gasteiger partial charge in [0.2, 0.25) is 0 Å². The first kappa shape index (κ1) is 17.4. The maximum atomic E-state index is 2.33. The quantitative estimate of drug-likeness (QED) is 0.590. The van der Waals surface area contributed by atoms with Crippen molar-refractivity contribution in [2.24, 2.45) is 0 Å². The first-order valence-corrected chi connectivity index (χ1v) is 7.21. The minimum Gasteiger partial charge on any atom is -0.0732 e. The van der Waals surface area contributed by atoms with Crippen LogP contribution in [0.4, 0.5) is 0 Å². The van der Waals surface area contributed by atoms with Crippen LogP contribution in [0.15, 0.2) is 24.3 Å². The Bertz CT molecular complexity index is 557. The van der Waals surface area contributed by atoms with Crippen LogP contribution in [0.5, 0.6) is 0 Å². The van der Waals surface area contributed by atoms with Crippen molar-refractivity contribution in [2.75, 3.05) is 0 Å². The second-order valence-electron chi connectivity index (χ2n) is 6.83. The van der Waals surface area contributed by atoms with Crippen molar-refractivity contribution in [3.63, 3.8) is 0 Å². The van der Waals surface area contributed by atoms with E-state index in [1.807, 2.05) is 0 Å². The average molecular weight is 355 g/mol. The molecule has 2 rings (SSSR count).